The quantitative estimate of drug-likeness (QED) is 0.783. The molecule has 0 atom stereocenters. The first-order valence-electron chi connectivity index (χ1n) is 5.71. The number of rotatable bonds is 1. The van der Waals surface area contributed by atoms with Crippen molar-refractivity contribution in [2.45, 2.75) is 13.1 Å². The van der Waals surface area contributed by atoms with Gasteiger partial charge >= 0.3 is 0 Å². The van der Waals surface area contributed by atoms with Crippen molar-refractivity contribution in [2.24, 2.45) is 0 Å². The number of nitrogens with two attached hydrogens (primary N) is 1. The lowest BCUT2D eigenvalue weighted by molar-refractivity contribution is 0.594. The van der Waals surface area contributed by atoms with Crippen LogP contribution in [0.1, 0.15) is 11.1 Å². The lowest BCUT2D eigenvalue weighted by atomic mass is 10.1. The topological polar surface area (TPSA) is 29.3 Å². The summed E-state index contributed by atoms with van der Waals surface area (Å²) in [6.45, 7) is 1.14. The van der Waals surface area contributed by atoms with E-state index in [1.165, 1.54) is 6.07 Å². The maximum atomic E-state index is 13.7. The Morgan fingerprint density at radius 2 is 1.72 bits per heavy atom. The van der Waals surface area contributed by atoms with E-state index in [0.717, 1.165) is 23.3 Å². The van der Waals surface area contributed by atoms with Gasteiger partial charge < -0.3 is 10.6 Å². The largest absolute Gasteiger partial charge is 0.399 e. The summed E-state index contributed by atoms with van der Waals surface area (Å²) in [5.41, 5.74) is 8.88. The second-order valence-corrected chi connectivity index (χ2v) is 4.48. The van der Waals surface area contributed by atoms with Gasteiger partial charge in [-0.1, -0.05) is 6.07 Å². The molecule has 0 aliphatic carbocycles. The van der Waals surface area contributed by atoms with Gasteiger partial charge in [0.05, 0.1) is 5.69 Å². The van der Waals surface area contributed by atoms with Gasteiger partial charge in [-0.25, -0.2) is 8.78 Å². The summed E-state index contributed by atoms with van der Waals surface area (Å²) >= 11 is 0. The highest BCUT2D eigenvalue weighted by atomic mass is 19.1. The SMILES string of the molecule is Nc1ccc2c(c1)CN(c1cc(F)ccc1F)C2. The Balaban J connectivity index is 1.96. The van der Waals surface area contributed by atoms with E-state index in [2.05, 4.69) is 0 Å². The van der Waals surface area contributed by atoms with E-state index < -0.39 is 11.6 Å². The van der Waals surface area contributed by atoms with Crippen molar-refractivity contribution in [2.75, 3.05) is 10.6 Å². The van der Waals surface area contributed by atoms with Crippen LogP contribution in [-0.4, -0.2) is 0 Å². The summed E-state index contributed by atoms with van der Waals surface area (Å²) in [7, 11) is 0. The molecule has 2 aromatic rings. The first-order chi connectivity index (χ1) is 8.63. The third kappa shape index (κ3) is 1.79. The molecular weight excluding hydrogens is 234 g/mol. The molecule has 2 N–H and O–H groups in total. The molecule has 2 nitrogen and oxygen atoms in total. The number of anilines is 2. The van der Waals surface area contributed by atoms with Gasteiger partial charge in [-0.15, -0.1) is 0 Å². The second-order valence-electron chi connectivity index (χ2n) is 4.48. The predicted octanol–water partition coefficient (Wildman–Crippen LogP) is 3.07. The average Bonchev–Trinajstić information content (AvgIpc) is 2.74. The number of fused-ring (bicyclic) bond motifs is 1. The van der Waals surface area contributed by atoms with Gasteiger partial charge in [0.2, 0.25) is 0 Å². The average molecular weight is 246 g/mol. The van der Waals surface area contributed by atoms with Gasteiger partial charge in [0.25, 0.3) is 0 Å². The normalized spacial score (nSPS) is 13.8. The fourth-order valence-electron chi connectivity index (χ4n) is 2.31. The van der Waals surface area contributed by atoms with Gasteiger partial charge in [-0.05, 0) is 35.4 Å². The molecule has 0 amide bonds. The molecule has 2 aromatic carbocycles. The number of nitrogen functional groups attached to an aromatic ring is 1. The number of hydrogen-bond acceptors (Lipinski definition) is 2. The third-order valence-corrected chi connectivity index (χ3v) is 3.20. The fraction of sp³-hybridized carbons (Fsp3) is 0.143. The number of hydrogen-bond donors (Lipinski definition) is 1. The van der Waals surface area contributed by atoms with Crippen LogP contribution in [0, 0.1) is 11.6 Å². The molecule has 0 aromatic heterocycles. The van der Waals surface area contributed by atoms with Crippen LogP contribution < -0.4 is 10.6 Å². The number of nitrogens with zero attached hydrogens (tertiary/aromatic N) is 1. The highest BCUT2D eigenvalue weighted by molar-refractivity contribution is 5.55. The van der Waals surface area contributed by atoms with E-state index in [4.69, 9.17) is 5.73 Å². The first kappa shape index (κ1) is 11.0. The van der Waals surface area contributed by atoms with Crippen molar-refractivity contribution < 1.29 is 8.78 Å². The Bertz CT molecular complexity index is 611. The van der Waals surface area contributed by atoms with Crippen LogP contribution in [0.3, 0.4) is 0 Å². The minimum atomic E-state index is -0.429. The minimum absolute atomic E-state index is 0.296. The molecule has 1 aliphatic heterocycles. The van der Waals surface area contributed by atoms with Crippen molar-refractivity contribution in [1.29, 1.82) is 0 Å². The Hall–Kier alpha value is -2.10. The monoisotopic (exact) mass is 246 g/mol. The van der Waals surface area contributed by atoms with Crippen LogP contribution in [0.2, 0.25) is 0 Å². The van der Waals surface area contributed by atoms with Crippen LogP contribution >= 0.6 is 0 Å². The van der Waals surface area contributed by atoms with Crippen molar-refractivity contribution >= 4 is 11.4 Å². The summed E-state index contributed by atoms with van der Waals surface area (Å²) < 4.78 is 26.9. The Morgan fingerprint density at radius 3 is 2.56 bits per heavy atom. The van der Waals surface area contributed by atoms with E-state index in [-0.39, 0.29) is 0 Å². The van der Waals surface area contributed by atoms with E-state index in [1.54, 1.807) is 0 Å². The number of benzene rings is 2. The van der Waals surface area contributed by atoms with E-state index in [9.17, 15) is 8.78 Å². The fourth-order valence-corrected chi connectivity index (χ4v) is 2.31. The Kier molecular flexibility index (Phi) is 2.44. The zero-order valence-corrected chi connectivity index (χ0v) is 9.66. The molecule has 0 spiro atoms. The molecule has 1 heterocycles. The van der Waals surface area contributed by atoms with E-state index in [0.29, 0.717) is 24.5 Å². The van der Waals surface area contributed by atoms with Gasteiger partial charge in [0.15, 0.2) is 0 Å². The summed E-state index contributed by atoms with van der Waals surface area (Å²) in [6.07, 6.45) is 0. The van der Waals surface area contributed by atoms with Crippen LogP contribution in [0.4, 0.5) is 20.2 Å². The minimum Gasteiger partial charge on any atom is -0.399 e. The zero-order valence-electron chi connectivity index (χ0n) is 9.66. The maximum absolute atomic E-state index is 13.7. The van der Waals surface area contributed by atoms with Crippen molar-refractivity contribution in [3.8, 4) is 0 Å². The molecule has 92 valence electrons. The van der Waals surface area contributed by atoms with Crippen molar-refractivity contribution in [3.63, 3.8) is 0 Å². The predicted molar refractivity (Wildman–Crippen MR) is 67.1 cm³/mol. The van der Waals surface area contributed by atoms with Crippen molar-refractivity contribution in [3.05, 3.63) is 59.2 Å². The van der Waals surface area contributed by atoms with Crippen LogP contribution in [0.15, 0.2) is 36.4 Å². The molecular formula is C14H12F2N2. The standard InChI is InChI=1S/C14H12F2N2/c15-11-2-4-13(16)14(6-11)18-7-9-1-3-12(17)5-10(9)8-18/h1-6H,7-8,17H2. The smallest absolute Gasteiger partial charge is 0.146 e. The highest BCUT2D eigenvalue weighted by Crippen LogP contribution is 2.31. The Labute approximate surface area is 104 Å². The van der Waals surface area contributed by atoms with Gasteiger partial charge in [0, 0.05) is 24.8 Å². The molecule has 0 radical (unpaired) electrons. The molecule has 0 unspecified atom stereocenters. The molecule has 3 rings (SSSR count). The third-order valence-electron chi connectivity index (χ3n) is 3.20. The first-order valence-corrected chi connectivity index (χ1v) is 5.71. The summed E-state index contributed by atoms with van der Waals surface area (Å²) in [4.78, 5) is 1.81. The summed E-state index contributed by atoms with van der Waals surface area (Å²) in [6, 6.07) is 9.14. The van der Waals surface area contributed by atoms with E-state index >= 15 is 0 Å². The lowest BCUT2D eigenvalue weighted by Crippen LogP contribution is -2.16. The lowest BCUT2D eigenvalue weighted by Gasteiger charge is -2.18. The van der Waals surface area contributed by atoms with Gasteiger partial charge in [-0.2, -0.15) is 0 Å². The molecule has 0 fully saturated rings. The van der Waals surface area contributed by atoms with Gasteiger partial charge in [-0.3, -0.25) is 0 Å². The van der Waals surface area contributed by atoms with Crippen LogP contribution in [0.5, 0.6) is 0 Å². The van der Waals surface area contributed by atoms with Crippen LogP contribution in [0.25, 0.3) is 0 Å². The summed E-state index contributed by atoms with van der Waals surface area (Å²) in [5, 5.41) is 0. The molecule has 0 saturated carbocycles. The maximum Gasteiger partial charge on any atom is 0.146 e. The van der Waals surface area contributed by atoms with E-state index in [1.807, 2.05) is 23.1 Å². The van der Waals surface area contributed by atoms with Crippen molar-refractivity contribution in [1.82, 2.24) is 0 Å². The number of halogens is 2. The van der Waals surface area contributed by atoms with Crippen LogP contribution in [-0.2, 0) is 13.1 Å². The zero-order chi connectivity index (χ0) is 12.7. The molecule has 4 heteroatoms. The second kappa shape index (κ2) is 3.98. The molecule has 0 saturated heterocycles. The van der Waals surface area contributed by atoms with Gasteiger partial charge in [0.1, 0.15) is 11.6 Å². The Morgan fingerprint density at radius 1 is 0.944 bits per heavy atom. The molecule has 18 heavy (non-hydrogen) atoms. The molecule has 1 aliphatic rings. The molecule has 0 bridgehead atoms. The summed E-state index contributed by atoms with van der Waals surface area (Å²) in [5.74, 6) is -0.834. The highest BCUT2D eigenvalue weighted by Gasteiger charge is 2.21.